The summed E-state index contributed by atoms with van der Waals surface area (Å²) < 4.78 is 12.8. The van der Waals surface area contributed by atoms with E-state index in [1.165, 1.54) is 24.3 Å². The number of amides is 2. The Morgan fingerprint density at radius 1 is 1.13 bits per heavy atom. The van der Waals surface area contributed by atoms with Crippen LogP contribution in [-0.2, 0) is 9.59 Å². The Bertz CT molecular complexity index is 644. The van der Waals surface area contributed by atoms with Gasteiger partial charge >= 0.3 is 0 Å². The van der Waals surface area contributed by atoms with Crippen LogP contribution in [0.15, 0.2) is 41.8 Å². The van der Waals surface area contributed by atoms with E-state index in [0.717, 1.165) is 4.88 Å². The van der Waals surface area contributed by atoms with Crippen LogP contribution in [0.3, 0.4) is 0 Å². The van der Waals surface area contributed by atoms with Crippen LogP contribution in [0.5, 0.6) is 0 Å². The lowest BCUT2D eigenvalue weighted by Crippen LogP contribution is -2.39. The van der Waals surface area contributed by atoms with Gasteiger partial charge in [0.15, 0.2) is 0 Å². The minimum Gasteiger partial charge on any atom is -0.346 e. The highest BCUT2D eigenvalue weighted by Gasteiger charge is 2.09. The molecule has 0 aliphatic carbocycles. The summed E-state index contributed by atoms with van der Waals surface area (Å²) in [5.41, 5.74) is 0.482. The van der Waals surface area contributed by atoms with Gasteiger partial charge in [0, 0.05) is 16.6 Å². The number of carbonyl (C=O) groups is 2. The maximum absolute atomic E-state index is 12.8. The van der Waals surface area contributed by atoms with E-state index in [-0.39, 0.29) is 36.8 Å². The van der Waals surface area contributed by atoms with Crippen molar-refractivity contribution in [2.45, 2.75) is 13.0 Å². The highest BCUT2D eigenvalue weighted by molar-refractivity contribution is 7.10. The fraction of sp³-hybridized carbons (Fsp3) is 0.250. The zero-order valence-electron chi connectivity index (χ0n) is 12.6. The molecule has 0 bridgehead atoms. The average Bonchev–Trinajstić information content (AvgIpc) is 3.07. The summed E-state index contributed by atoms with van der Waals surface area (Å²) >= 11 is 1.62. The first kappa shape index (κ1) is 17.1. The fourth-order valence-electron chi connectivity index (χ4n) is 1.86. The summed E-state index contributed by atoms with van der Waals surface area (Å²) in [6.45, 7) is 1.97. The maximum Gasteiger partial charge on any atom is 0.243 e. The highest BCUT2D eigenvalue weighted by Crippen LogP contribution is 2.17. The average molecular weight is 335 g/mol. The molecule has 7 heteroatoms. The fourth-order valence-corrected chi connectivity index (χ4v) is 2.62. The molecular weight excluding hydrogens is 317 g/mol. The topological polar surface area (TPSA) is 70.2 Å². The summed E-state index contributed by atoms with van der Waals surface area (Å²) in [7, 11) is 0. The Labute approximate surface area is 137 Å². The zero-order valence-corrected chi connectivity index (χ0v) is 13.5. The van der Waals surface area contributed by atoms with Crippen molar-refractivity contribution < 1.29 is 14.0 Å². The molecule has 0 aliphatic rings. The molecule has 1 atom stereocenters. The molecule has 2 aromatic rings. The van der Waals surface area contributed by atoms with E-state index in [9.17, 15) is 14.0 Å². The van der Waals surface area contributed by atoms with Gasteiger partial charge in [0.2, 0.25) is 11.8 Å². The van der Waals surface area contributed by atoms with Gasteiger partial charge < -0.3 is 16.0 Å². The molecule has 0 aliphatic heterocycles. The molecule has 1 heterocycles. The largest absolute Gasteiger partial charge is 0.346 e. The molecule has 0 saturated heterocycles. The van der Waals surface area contributed by atoms with Crippen molar-refractivity contribution in [1.82, 2.24) is 10.6 Å². The van der Waals surface area contributed by atoms with E-state index in [2.05, 4.69) is 16.0 Å². The van der Waals surface area contributed by atoms with E-state index in [1.807, 2.05) is 24.4 Å². The molecule has 0 unspecified atom stereocenters. The number of hydrogen-bond donors (Lipinski definition) is 3. The van der Waals surface area contributed by atoms with Crippen LogP contribution in [0.25, 0.3) is 0 Å². The van der Waals surface area contributed by atoms with Gasteiger partial charge in [0.05, 0.1) is 13.1 Å². The Morgan fingerprint density at radius 3 is 2.52 bits per heavy atom. The second-order valence-corrected chi connectivity index (χ2v) is 5.93. The van der Waals surface area contributed by atoms with Gasteiger partial charge in [-0.05, 0) is 42.6 Å². The van der Waals surface area contributed by atoms with Crippen molar-refractivity contribution in [3.8, 4) is 0 Å². The van der Waals surface area contributed by atoms with Crippen LogP contribution < -0.4 is 16.0 Å². The molecule has 23 heavy (non-hydrogen) atoms. The van der Waals surface area contributed by atoms with Crippen molar-refractivity contribution in [2.24, 2.45) is 0 Å². The first-order valence-corrected chi connectivity index (χ1v) is 8.01. The number of hydrogen-bond acceptors (Lipinski definition) is 4. The lowest BCUT2D eigenvalue weighted by molar-refractivity contribution is -0.123. The number of carbonyl (C=O) groups excluding carboxylic acids is 2. The molecule has 2 rings (SSSR count). The Kier molecular flexibility index (Phi) is 6.25. The third kappa shape index (κ3) is 5.80. The summed E-state index contributed by atoms with van der Waals surface area (Å²) in [6.07, 6.45) is 0. The van der Waals surface area contributed by atoms with Gasteiger partial charge in [0.25, 0.3) is 0 Å². The van der Waals surface area contributed by atoms with Crippen molar-refractivity contribution in [3.63, 3.8) is 0 Å². The number of anilines is 1. The standard InChI is InChI=1S/C16H18FN3O2S/c1-11(14-3-2-8-23-14)18-9-15(21)19-10-16(22)20-13-6-4-12(17)5-7-13/h2-8,11,18H,9-10H2,1H3,(H,19,21)(H,20,22)/t11-/m1/s1. The van der Waals surface area contributed by atoms with Crippen molar-refractivity contribution in [1.29, 1.82) is 0 Å². The number of rotatable bonds is 7. The van der Waals surface area contributed by atoms with Crippen LogP contribution in [0, 0.1) is 5.82 Å². The molecule has 0 fully saturated rings. The summed E-state index contributed by atoms with van der Waals surface area (Å²) in [5, 5.41) is 10.2. The van der Waals surface area contributed by atoms with Crippen molar-refractivity contribution in [2.75, 3.05) is 18.4 Å². The van der Waals surface area contributed by atoms with Gasteiger partial charge in [-0.15, -0.1) is 11.3 Å². The van der Waals surface area contributed by atoms with E-state index in [4.69, 9.17) is 0 Å². The molecule has 2 amide bonds. The normalized spacial score (nSPS) is 11.7. The minimum atomic E-state index is -0.373. The summed E-state index contributed by atoms with van der Waals surface area (Å²) in [6, 6.07) is 9.45. The van der Waals surface area contributed by atoms with Crippen LogP contribution in [0.4, 0.5) is 10.1 Å². The van der Waals surface area contributed by atoms with Crippen molar-refractivity contribution in [3.05, 3.63) is 52.5 Å². The predicted octanol–water partition coefficient (Wildman–Crippen LogP) is 2.29. The monoisotopic (exact) mass is 335 g/mol. The lowest BCUT2D eigenvalue weighted by Gasteiger charge is -2.12. The molecule has 1 aromatic carbocycles. The van der Waals surface area contributed by atoms with Crippen molar-refractivity contribution >= 4 is 28.8 Å². The number of nitrogens with one attached hydrogen (secondary N) is 3. The zero-order chi connectivity index (χ0) is 16.7. The highest BCUT2D eigenvalue weighted by atomic mass is 32.1. The second-order valence-electron chi connectivity index (χ2n) is 4.95. The van der Waals surface area contributed by atoms with Gasteiger partial charge in [-0.3, -0.25) is 9.59 Å². The lowest BCUT2D eigenvalue weighted by atomic mass is 10.3. The Morgan fingerprint density at radius 2 is 1.87 bits per heavy atom. The van der Waals surface area contributed by atoms with E-state index in [0.29, 0.717) is 5.69 Å². The third-order valence-electron chi connectivity index (χ3n) is 3.11. The SMILES string of the molecule is C[C@@H](NCC(=O)NCC(=O)Nc1ccc(F)cc1)c1cccs1. The molecular formula is C16H18FN3O2S. The summed E-state index contributed by atoms with van der Waals surface area (Å²) in [4.78, 5) is 24.6. The van der Waals surface area contributed by atoms with Gasteiger partial charge in [0.1, 0.15) is 5.82 Å². The van der Waals surface area contributed by atoms with E-state index in [1.54, 1.807) is 11.3 Å². The van der Waals surface area contributed by atoms with Gasteiger partial charge in [-0.2, -0.15) is 0 Å². The molecule has 3 N–H and O–H groups in total. The molecule has 0 radical (unpaired) electrons. The smallest absolute Gasteiger partial charge is 0.243 e. The third-order valence-corrected chi connectivity index (χ3v) is 4.17. The molecule has 122 valence electrons. The second kappa shape index (κ2) is 8.40. The minimum absolute atomic E-state index is 0.0776. The Balaban J connectivity index is 1.67. The maximum atomic E-state index is 12.8. The molecule has 1 aromatic heterocycles. The van der Waals surface area contributed by atoms with E-state index < -0.39 is 0 Å². The molecule has 0 saturated carbocycles. The first-order valence-electron chi connectivity index (χ1n) is 7.13. The number of thiophene rings is 1. The molecule has 5 nitrogen and oxygen atoms in total. The van der Waals surface area contributed by atoms with Crippen LogP contribution in [-0.4, -0.2) is 24.9 Å². The van der Waals surface area contributed by atoms with Gasteiger partial charge in [-0.1, -0.05) is 6.07 Å². The first-order chi connectivity index (χ1) is 11.0. The Hall–Kier alpha value is -2.25. The number of halogens is 1. The van der Waals surface area contributed by atoms with Crippen LogP contribution >= 0.6 is 11.3 Å². The van der Waals surface area contributed by atoms with E-state index >= 15 is 0 Å². The van der Waals surface area contributed by atoms with Crippen LogP contribution in [0.2, 0.25) is 0 Å². The van der Waals surface area contributed by atoms with Crippen LogP contribution in [0.1, 0.15) is 17.8 Å². The number of benzene rings is 1. The van der Waals surface area contributed by atoms with Gasteiger partial charge in [-0.25, -0.2) is 4.39 Å². The quantitative estimate of drug-likeness (QED) is 0.727. The molecule has 0 spiro atoms. The summed E-state index contributed by atoms with van der Waals surface area (Å²) in [5.74, 6) is -0.999. The predicted molar refractivity (Wildman–Crippen MR) is 88.8 cm³/mol.